The molecule has 3 amide bonds. The van der Waals surface area contributed by atoms with Crippen molar-refractivity contribution in [2.75, 3.05) is 13.1 Å². The number of fused-ring (bicyclic) bond motifs is 1. The molecular formula is C19H16FN3O3. The number of carbonyl (C=O) groups is 3. The highest BCUT2D eigenvalue weighted by molar-refractivity contribution is 6.20. The third-order valence-corrected chi connectivity index (χ3v) is 4.86. The van der Waals surface area contributed by atoms with Crippen molar-refractivity contribution in [1.29, 1.82) is 0 Å². The van der Waals surface area contributed by atoms with Crippen molar-refractivity contribution in [3.63, 3.8) is 0 Å². The molecule has 2 aliphatic heterocycles. The predicted octanol–water partition coefficient (Wildman–Crippen LogP) is 1.66. The van der Waals surface area contributed by atoms with Gasteiger partial charge in [-0.2, -0.15) is 0 Å². The lowest BCUT2D eigenvalue weighted by Gasteiger charge is -2.22. The summed E-state index contributed by atoms with van der Waals surface area (Å²) in [6.45, 7) is 0.692. The van der Waals surface area contributed by atoms with Gasteiger partial charge in [0.2, 0.25) is 5.91 Å². The molecule has 1 saturated heterocycles. The second-order valence-electron chi connectivity index (χ2n) is 6.43. The maximum Gasteiger partial charge on any atom is 0.280 e. The molecule has 0 radical (unpaired) electrons. The lowest BCUT2D eigenvalue weighted by Crippen LogP contribution is -2.42. The van der Waals surface area contributed by atoms with E-state index in [9.17, 15) is 18.8 Å². The van der Waals surface area contributed by atoms with Gasteiger partial charge in [-0.05, 0) is 30.2 Å². The molecule has 6 nitrogen and oxygen atoms in total. The van der Waals surface area contributed by atoms with Gasteiger partial charge >= 0.3 is 0 Å². The van der Waals surface area contributed by atoms with E-state index in [-0.39, 0.29) is 36.5 Å². The quantitative estimate of drug-likeness (QED) is 0.787. The van der Waals surface area contributed by atoms with E-state index in [0.29, 0.717) is 24.1 Å². The fourth-order valence-electron chi connectivity index (χ4n) is 3.51. The van der Waals surface area contributed by atoms with Crippen molar-refractivity contribution in [3.05, 3.63) is 65.2 Å². The number of pyridine rings is 1. The number of hydrogen-bond acceptors (Lipinski definition) is 4. The fraction of sp³-hybridized carbons (Fsp3) is 0.263. The maximum absolute atomic E-state index is 13.7. The molecule has 26 heavy (non-hydrogen) atoms. The van der Waals surface area contributed by atoms with Gasteiger partial charge in [-0.3, -0.25) is 24.3 Å². The van der Waals surface area contributed by atoms with Gasteiger partial charge in [-0.25, -0.2) is 4.39 Å². The summed E-state index contributed by atoms with van der Waals surface area (Å²) in [5, 5.41) is 0. The first-order valence-electron chi connectivity index (χ1n) is 8.40. The second kappa shape index (κ2) is 6.33. The van der Waals surface area contributed by atoms with Crippen molar-refractivity contribution in [1.82, 2.24) is 14.8 Å². The normalized spacial score (nSPS) is 19.2. The van der Waals surface area contributed by atoms with Gasteiger partial charge in [0, 0.05) is 19.3 Å². The maximum atomic E-state index is 13.7. The molecule has 0 saturated carbocycles. The highest BCUT2D eigenvalue weighted by atomic mass is 19.1. The second-order valence-corrected chi connectivity index (χ2v) is 6.43. The lowest BCUT2D eigenvalue weighted by atomic mass is 10.1. The van der Waals surface area contributed by atoms with Gasteiger partial charge in [0.25, 0.3) is 11.8 Å². The number of halogens is 1. The van der Waals surface area contributed by atoms with Crippen LogP contribution in [0.25, 0.3) is 0 Å². The van der Waals surface area contributed by atoms with Crippen LogP contribution in [0.5, 0.6) is 0 Å². The zero-order valence-electron chi connectivity index (χ0n) is 13.9. The summed E-state index contributed by atoms with van der Waals surface area (Å²) in [5.74, 6) is -1.42. The Kier molecular flexibility index (Phi) is 3.99. The molecule has 2 aromatic rings. The van der Waals surface area contributed by atoms with E-state index in [1.54, 1.807) is 35.2 Å². The van der Waals surface area contributed by atoms with E-state index in [2.05, 4.69) is 4.98 Å². The number of amides is 3. The molecular weight excluding hydrogens is 337 g/mol. The van der Waals surface area contributed by atoms with E-state index < -0.39 is 11.7 Å². The number of aromatic nitrogens is 1. The summed E-state index contributed by atoms with van der Waals surface area (Å²) in [6, 6.07) is 8.98. The van der Waals surface area contributed by atoms with Crippen LogP contribution >= 0.6 is 0 Å². The molecule has 132 valence electrons. The Morgan fingerprint density at radius 3 is 2.73 bits per heavy atom. The fourth-order valence-corrected chi connectivity index (χ4v) is 3.51. The zero-order valence-corrected chi connectivity index (χ0v) is 13.9. The first-order valence-corrected chi connectivity index (χ1v) is 8.40. The van der Waals surface area contributed by atoms with Gasteiger partial charge in [0.1, 0.15) is 11.5 Å². The summed E-state index contributed by atoms with van der Waals surface area (Å²) < 4.78 is 13.7. The first kappa shape index (κ1) is 16.4. The van der Waals surface area contributed by atoms with Crippen LogP contribution in [0.2, 0.25) is 0 Å². The van der Waals surface area contributed by atoms with Crippen LogP contribution in [0.4, 0.5) is 4.39 Å². The largest absolute Gasteiger partial charge is 0.340 e. The van der Waals surface area contributed by atoms with Crippen molar-refractivity contribution in [3.8, 4) is 0 Å². The number of imide groups is 1. The number of carbonyl (C=O) groups excluding carboxylic acids is 3. The predicted molar refractivity (Wildman–Crippen MR) is 89.8 cm³/mol. The van der Waals surface area contributed by atoms with Crippen LogP contribution in [0.3, 0.4) is 0 Å². The molecule has 2 aliphatic rings. The minimum Gasteiger partial charge on any atom is -0.340 e. The monoisotopic (exact) mass is 353 g/mol. The van der Waals surface area contributed by atoms with Crippen molar-refractivity contribution in [2.45, 2.75) is 18.9 Å². The molecule has 1 atom stereocenters. The summed E-state index contributed by atoms with van der Waals surface area (Å²) >= 11 is 0. The molecule has 0 spiro atoms. The van der Waals surface area contributed by atoms with E-state index in [0.717, 1.165) is 0 Å². The van der Waals surface area contributed by atoms with Crippen molar-refractivity contribution < 1.29 is 18.8 Å². The van der Waals surface area contributed by atoms with Crippen LogP contribution in [-0.2, 0) is 11.2 Å². The Bertz CT molecular complexity index is 879. The summed E-state index contributed by atoms with van der Waals surface area (Å²) in [6.07, 6.45) is 1.95. The Morgan fingerprint density at radius 2 is 1.96 bits per heavy atom. The molecule has 7 heteroatoms. The van der Waals surface area contributed by atoms with Crippen molar-refractivity contribution in [2.24, 2.45) is 0 Å². The van der Waals surface area contributed by atoms with E-state index in [1.807, 2.05) is 0 Å². The first-order chi connectivity index (χ1) is 12.6. The van der Waals surface area contributed by atoms with E-state index in [4.69, 9.17) is 0 Å². The highest BCUT2D eigenvalue weighted by Crippen LogP contribution is 2.27. The summed E-state index contributed by atoms with van der Waals surface area (Å²) in [7, 11) is 0. The Morgan fingerprint density at radius 1 is 1.15 bits per heavy atom. The minimum atomic E-state index is -0.418. The molecule has 1 aromatic carbocycles. The topological polar surface area (TPSA) is 70.6 Å². The molecule has 1 unspecified atom stereocenters. The Labute approximate surface area is 149 Å². The van der Waals surface area contributed by atoms with Gasteiger partial charge < -0.3 is 4.90 Å². The minimum absolute atomic E-state index is 0.0386. The third-order valence-electron chi connectivity index (χ3n) is 4.86. The molecule has 1 fully saturated rings. The van der Waals surface area contributed by atoms with E-state index in [1.165, 1.54) is 17.2 Å². The van der Waals surface area contributed by atoms with Crippen LogP contribution in [0.15, 0.2) is 42.6 Å². The molecule has 0 bridgehead atoms. The number of nitrogens with zero attached hydrogens (tertiary/aromatic N) is 3. The standard InChI is InChI=1S/C19H16FN3O3/c20-15-6-2-1-4-12(15)10-16(24)22-9-7-13(11-22)23-18(25)14-5-3-8-21-17(14)19(23)26/h1-6,8,13H,7,9-11H2. The van der Waals surface area contributed by atoms with Gasteiger partial charge in [-0.1, -0.05) is 18.2 Å². The van der Waals surface area contributed by atoms with Gasteiger partial charge in [0.05, 0.1) is 18.0 Å². The molecule has 1 aromatic heterocycles. The molecule has 0 N–H and O–H groups in total. The summed E-state index contributed by atoms with van der Waals surface area (Å²) in [5.41, 5.74) is 0.799. The molecule has 0 aliphatic carbocycles. The van der Waals surface area contributed by atoms with Crippen LogP contribution in [-0.4, -0.2) is 51.6 Å². The van der Waals surface area contributed by atoms with E-state index >= 15 is 0 Å². The average Bonchev–Trinajstić information content (AvgIpc) is 3.21. The number of rotatable bonds is 3. The Hall–Kier alpha value is -3.09. The molecule has 4 rings (SSSR count). The van der Waals surface area contributed by atoms with Crippen LogP contribution in [0.1, 0.15) is 32.8 Å². The van der Waals surface area contributed by atoms with Gasteiger partial charge in [-0.15, -0.1) is 0 Å². The van der Waals surface area contributed by atoms with Crippen LogP contribution < -0.4 is 0 Å². The number of hydrogen-bond donors (Lipinski definition) is 0. The third kappa shape index (κ3) is 2.65. The van der Waals surface area contributed by atoms with Gasteiger partial charge in [0.15, 0.2) is 0 Å². The van der Waals surface area contributed by atoms with Crippen molar-refractivity contribution >= 4 is 17.7 Å². The zero-order chi connectivity index (χ0) is 18.3. The lowest BCUT2D eigenvalue weighted by molar-refractivity contribution is -0.129. The smallest absolute Gasteiger partial charge is 0.280 e. The summed E-state index contributed by atoms with van der Waals surface area (Å²) in [4.78, 5) is 44.3. The SMILES string of the molecule is O=C(Cc1ccccc1F)N1CCC(N2C(=O)c3cccnc3C2=O)C1. The molecule has 3 heterocycles. The number of likely N-dealkylation sites (tertiary alicyclic amines) is 1. The average molecular weight is 353 g/mol. The highest BCUT2D eigenvalue weighted by Gasteiger charge is 2.43. The van der Waals surface area contributed by atoms with Crippen LogP contribution in [0, 0.1) is 5.82 Å². The Balaban J connectivity index is 1.46. The number of benzene rings is 1.